The maximum absolute atomic E-state index is 13.9. The van der Waals surface area contributed by atoms with Crippen LogP contribution in [0.15, 0.2) is 65.7 Å². The van der Waals surface area contributed by atoms with Crippen LogP contribution in [0.2, 0.25) is 0 Å². The summed E-state index contributed by atoms with van der Waals surface area (Å²) < 4.78 is 65.1. The van der Waals surface area contributed by atoms with Crippen molar-refractivity contribution in [2.75, 3.05) is 6.26 Å². The Kier molecular flexibility index (Phi) is 5.22. The Morgan fingerprint density at radius 2 is 1.66 bits per heavy atom. The Bertz CT molecular complexity index is 1140. The molecule has 152 valence electrons. The molecular formula is C19H15F3N2O4S. The Balaban J connectivity index is 2.18. The first kappa shape index (κ1) is 20.6. The van der Waals surface area contributed by atoms with E-state index < -0.39 is 33.7 Å². The number of aromatic nitrogens is 2. The third kappa shape index (κ3) is 4.16. The smallest absolute Gasteiger partial charge is 0.433 e. The van der Waals surface area contributed by atoms with Crippen molar-refractivity contribution in [2.45, 2.75) is 17.1 Å². The second-order valence-electron chi connectivity index (χ2n) is 6.30. The highest BCUT2D eigenvalue weighted by molar-refractivity contribution is 7.90. The van der Waals surface area contributed by atoms with Crippen LogP contribution < -0.4 is 0 Å². The molecule has 3 rings (SSSR count). The van der Waals surface area contributed by atoms with Crippen LogP contribution in [0.1, 0.15) is 17.3 Å². The van der Waals surface area contributed by atoms with Crippen LogP contribution in [0, 0.1) is 0 Å². The highest BCUT2D eigenvalue weighted by atomic mass is 32.2. The number of nitrogens with zero attached hydrogens (tertiary/aromatic N) is 2. The van der Waals surface area contributed by atoms with Gasteiger partial charge in [0, 0.05) is 11.8 Å². The zero-order chi connectivity index (χ0) is 21.4. The van der Waals surface area contributed by atoms with Gasteiger partial charge in [-0.2, -0.15) is 18.3 Å². The van der Waals surface area contributed by atoms with Crippen molar-refractivity contribution in [2.24, 2.45) is 0 Å². The van der Waals surface area contributed by atoms with Crippen molar-refractivity contribution in [3.63, 3.8) is 0 Å². The molecule has 0 aliphatic carbocycles. The molecule has 29 heavy (non-hydrogen) atoms. The van der Waals surface area contributed by atoms with Crippen LogP contribution in [-0.2, 0) is 20.8 Å². The Morgan fingerprint density at radius 1 is 1.07 bits per heavy atom. The number of carboxylic acid groups (broad SMARTS) is 1. The van der Waals surface area contributed by atoms with E-state index in [-0.39, 0.29) is 21.6 Å². The predicted molar refractivity (Wildman–Crippen MR) is 98.0 cm³/mol. The van der Waals surface area contributed by atoms with E-state index in [1.165, 1.54) is 24.3 Å². The molecule has 1 atom stereocenters. The molecule has 0 spiro atoms. The zero-order valence-corrected chi connectivity index (χ0v) is 15.8. The van der Waals surface area contributed by atoms with Crippen molar-refractivity contribution in [1.29, 1.82) is 0 Å². The van der Waals surface area contributed by atoms with Gasteiger partial charge in [-0.05, 0) is 23.3 Å². The van der Waals surface area contributed by atoms with Gasteiger partial charge < -0.3 is 5.11 Å². The molecule has 0 saturated carbocycles. The third-order valence-electron chi connectivity index (χ3n) is 4.25. The van der Waals surface area contributed by atoms with Crippen LogP contribution in [0.4, 0.5) is 13.2 Å². The molecule has 0 amide bonds. The lowest BCUT2D eigenvalue weighted by atomic mass is 10.0. The van der Waals surface area contributed by atoms with E-state index in [9.17, 15) is 31.5 Å². The van der Waals surface area contributed by atoms with Crippen LogP contribution >= 0.6 is 0 Å². The molecule has 0 bridgehead atoms. The second kappa shape index (κ2) is 7.36. The van der Waals surface area contributed by atoms with Gasteiger partial charge in [0.25, 0.3) is 0 Å². The third-order valence-corrected chi connectivity index (χ3v) is 5.38. The van der Waals surface area contributed by atoms with Gasteiger partial charge in [0.05, 0.1) is 11.1 Å². The SMILES string of the molecule is CS(=O)(=O)c1ccc(C(C(=O)O)n2ncc(-c3ccccc3)c2C(F)(F)F)cc1. The predicted octanol–water partition coefficient (Wildman–Crippen LogP) is 3.65. The molecule has 1 aromatic heterocycles. The molecule has 0 radical (unpaired) electrons. The Morgan fingerprint density at radius 3 is 2.14 bits per heavy atom. The number of carboxylic acids is 1. The van der Waals surface area contributed by atoms with Crippen molar-refractivity contribution in [3.8, 4) is 11.1 Å². The van der Waals surface area contributed by atoms with Gasteiger partial charge in [-0.3, -0.25) is 0 Å². The van der Waals surface area contributed by atoms with Gasteiger partial charge >= 0.3 is 12.1 Å². The lowest BCUT2D eigenvalue weighted by molar-refractivity contribution is -0.148. The summed E-state index contributed by atoms with van der Waals surface area (Å²) in [6, 6.07) is 10.5. The van der Waals surface area contributed by atoms with E-state index in [1.54, 1.807) is 18.2 Å². The van der Waals surface area contributed by atoms with E-state index in [4.69, 9.17) is 0 Å². The van der Waals surface area contributed by atoms with Crippen LogP contribution in [0.3, 0.4) is 0 Å². The number of alkyl halides is 3. The lowest BCUT2D eigenvalue weighted by Crippen LogP contribution is -2.26. The molecule has 1 N–H and O–H groups in total. The summed E-state index contributed by atoms with van der Waals surface area (Å²) >= 11 is 0. The second-order valence-corrected chi connectivity index (χ2v) is 8.31. The monoisotopic (exact) mass is 424 g/mol. The standard InChI is InChI=1S/C19H15F3N2O4S/c1-29(27,28)14-9-7-13(8-10-14)16(18(25)26)24-17(19(20,21)22)15(11-23-24)12-5-3-2-4-6-12/h2-11,16H,1H3,(H,25,26). The topological polar surface area (TPSA) is 89.3 Å². The average Bonchev–Trinajstić information content (AvgIpc) is 3.07. The summed E-state index contributed by atoms with van der Waals surface area (Å²) in [5, 5.41) is 13.4. The maximum atomic E-state index is 13.9. The van der Waals surface area contributed by atoms with E-state index in [2.05, 4.69) is 5.10 Å². The molecule has 2 aromatic carbocycles. The number of hydrogen-bond acceptors (Lipinski definition) is 4. The maximum Gasteiger partial charge on any atom is 0.433 e. The average molecular weight is 424 g/mol. The zero-order valence-electron chi connectivity index (χ0n) is 15.0. The number of halogens is 3. The van der Waals surface area contributed by atoms with Crippen LogP contribution in [0.5, 0.6) is 0 Å². The number of sulfone groups is 1. The van der Waals surface area contributed by atoms with E-state index in [0.29, 0.717) is 4.68 Å². The van der Waals surface area contributed by atoms with E-state index >= 15 is 0 Å². The molecule has 3 aromatic rings. The lowest BCUT2D eigenvalue weighted by Gasteiger charge is -2.19. The number of aliphatic carboxylic acids is 1. The molecule has 0 fully saturated rings. The van der Waals surface area contributed by atoms with Crippen molar-refractivity contribution < 1.29 is 31.5 Å². The number of carbonyl (C=O) groups is 1. The summed E-state index contributed by atoms with van der Waals surface area (Å²) in [7, 11) is -3.54. The van der Waals surface area contributed by atoms with Crippen molar-refractivity contribution in [3.05, 3.63) is 72.1 Å². The number of rotatable bonds is 5. The largest absolute Gasteiger partial charge is 0.479 e. The van der Waals surface area contributed by atoms with Gasteiger partial charge in [0.15, 0.2) is 21.6 Å². The van der Waals surface area contributed by atoms with Crippen LogP contribution in [0.25, 0.3) is 11.1 Å². The summed E-state index contributed by atoms with van der Waals surface area (Å²) in [6.07, 6.45) is -2.93. The molecule has 0 aliphatic heterocycles. The van der Waals surface area contributed by atoms with Gasteiger partial charge in [0.2, 0.25) is 0 Å². The first-order valence-corrected chi connectivity index (χ1v) is 10.1. The van der Waals surface area contributed by atoms with E-state index in [1.807, 2.05) is 0 Å². The molecule has 0 saturated heterocycles. The molecule has 10 heteroatoms. The molecule has 1 heterocycles. The minimum absolute atomic E-state index is 0.0434. The summed E-state index contributed by atoms with van der Waals surface area (Å²) in [6.45, 7) is 0. The van der Waals surface area contributed by atoms with Crippen molar-refractivity contribution >= 4 is 15.8 Å². The normalized spacial score (nSPS) is 13.2. The molecule has 0 aliphatic rings. The fraction of sp³-hybridized carbons (Fsp3) is 0.158. The quantitative estimate of drug-likeness (QED) is 0.676. The van der Waals surface area contributed by atoms with Gasteiger partial charge in [-0.15, -0.1) is 0 Å². The fourth-order valence-electron chi connectivity index (χ4n) is 2.96. The van der Waals surface area contributed by atoms with Gasteiger partial charge in [-0.25, -0.2) is 17.9 Å². The minimum atomic E-state index is -4.87. The fourth-order valence-corrected chi connectivity index (χ4v) is 3.59. The summed E-state index contributed by atoms with van der Waals surface area (Å²) in [5.41, 5.74) is -1.26. The molecule has 6 nitrogen and oxygen atoms in total. The Labute approximate surface area is 164 Å². The summed E-state index contributed by atoms with van der Waals surface area (Å²) in [4.78, 5) is 11.8. The van der Waals surface area contributed by atoms with Gasteiger partial charge in [0.1, 0.15) is 0 Å². The van der Waals surface area contributed by atoms with Gasteiger partial charge in [-0.1, -0.05) is 42.5 Å². The first-order chi connectivity index (χ1) is 13.5. The molecular weight excluding hydrogens is 409 g/mol. The molecule has 1 unspecified atom stereocenters. The minimum Gasteiger partial charge on any atom is -0.479 e. The number of hydrogen-bond donors (Lipinski definition) is 1. The number of benzene rings is 2. The van der Waals surface area contributed by atoms with Crippen LogP contribution in [-0.4, -0.2) is 35.5 Å². The van der Waals surface area contributed by atoms with Crippen molar-refractivity contribution in [1.82, 2.24) is 9.78 Å². The highest BCUT2D eigenvalue weighted by Crippen LogP contribution is 2.39. The van der Waals surface area contributed by atoms with E-state index in [0.717, 1.165) is 24.6 Å². The first-order valence-electron chi connectivity index (χ1n) is 8.23. The summed E-state index contributed by atoms with van der Waals surface area (Å²) in [5.74, 6) is -1.56. The Hall–Kier alpha value is -3.14. The highest BCUT2D eigenvalue weighted by Gasteiger charge is 2.41.